The Balaban J connectivity index is 2.86. The van der Waals surface area contributed by atoms with Gasteiger partial charge < -0.3 is 10.4 Å². The third kappa shape index (κ3) is 4.02. The quantitative estimate of drug-likeness (QED) is 0.619. The van der Waals surface area contributed by atoms with E-state index < -0.39 is 34.3 Å². The molecule has 1 unspecified atom stereocenters. The van der Waals surface area contributed by atoms with Crippen LogP contribution in [0, 0.1) is 15.9 Å². The van der Waals surface area contributed by atoms with Gasteiger partial charge in [-0.05, 0) is 19.1 Å². The van der Waals surface area contributed by atoms with E-state index in [0.29, 0.717) is 0 Å². The number of nitrogens with one attached hydrogen (secondary N) is 1. The van der Waals surface area contributed by atoms with Crippen LogP contribution in [0.5, 0.6) is 0 Å². The summed E-state index contributed by atoms with van der Waals surface area (Å²) < 4.78 is 13.1. The second-order valence-electron chi connectivity index (χ2n) is 3.90. The first kappa shape index (κ1) is 14.6. The predicted molar refractivity (Wildman–Crippen MR) is 62.2 cm³/mol. The van der Waals surface area contributed by atoms with Crippen molar-refractivity contribution in [2.75, 3.05) is 0 Å². The smallest absolute Gasteiger partial charge is 0.305 e. The van der Waals surface area contributed by atoms with Gasteiger partial charge in [-0.1, -0.05) is 0 Å². The third-order valence-corrected chi connectivity index (χ3v) is 2.26. The number of nitrogens with zero attached hydrogens (tertiary/aromatic N) is 1. The third-order valence-electron chi connectivity index (χ3n) is 2.26. The van der Waals surface area contributed by atoms with Crippen molar-refractivity contribution in [1.29, 1.82) is 0 Å². The minimum Gasteiger partial charge on any atom is -0.481 e. The second-order valence-corrected chi connectivity index (χ2v) is 3.90. The van der Waals surface area contributed by atoms with Gasteiger partial charge >= 0.3 is 11.7 Å². The molecule has 0 bridgehead atoms. The number of rotatable bonds is 5. The first-order valence-corrected chi connectivity index (χ1v) is 5.28. The topological polar surface area (TPSA) is 110 Å². The van der Waals surface area contributed by atoms with Gasteiger partial charge in [0.25, 0.3) is 5.91 Å². The fraction of sp³-hybridized carbons (Fsp3) is 0.273. The summed E-state index contributed by atoms with van der Waals surface area (Å²) in [4.78, 5) is 31.7. The van der Waals surface area contributed by atoms with Gasteiger partial charge in [0, 0.05) is 17.7 Å². The number of nitro benzene ring substituents is 1. The van der Waals surface area contributed by atoms with Crippen LogP contribution in [-0.2, 0) is 4.79 Å². The summed E-state index contributed by atoms with van der Waals surface area (Å²) >= 11 is 0. The largest absolute Gasteiger partial charge is 0.481 e. The number of carboxylic acid groups (broad SMARTS) is 1. The van der Waals surface area contributed by atoms with Crippen molar-refractivity contribution in [3.05, 3.63) is 39.7 Å². The van der Waals surface area contributed by atoms with Gasteiger partial charge in [-0.25, -0.2) is 0 Å². The molecule has 0 aromatic heterocycles. The summed E-state index contributed by atoms with van der Waals surface area (Å²) in [5, 5.41) is 21.4. The van der Waals surface area contributed by atoms with Crippen LogP contribution in [0.15, 0.2) is 18.2 Å². The average Bonchev–Trinajstić information content (AvgIpc) is 2.27. The summed E-state index contributed by atoms with van der Waals surface area (Å²) in [6.07, 6.45) is -0.283. The molecule has 0 saturated heterocycles. The zero-order valence-corrected chi connectivity index (χ0v) is 9.92. The molecule has 0 aliphatic heterocycles. The number of aliphatic carboxylic acids is 1. The minimum absolute atomic E-state index is 0.106. The molecule has 0 fully saturated rings. The Hall–Kier alpha value is -2.51. The monoisotopic (exact) mass is 270 g/mol. The number of carboxylic acids is 1. The number of hydrogen-bond acceptors (Lipinski definition) is 4. The standard InChI is InChI=1S/C11H11FN2O5/c1-6(4-10(15)16)13-11(17)7-2-3-8(12)9(5-7)14(18)19/h2-3,5-6H,4H2,1H3,(H,13,17)(H,15,16). The number of amides is 1. The molecule has 19 heavy (non-hydrogen) atoms. The van der Waals surface area contributed by atoms with Gasteiger partial charge in [0.05, 0.1) is 11.3 Å². The number of halogens is 1. The number of benzene rings is 1. The number of nitro groups is 1. The van der Waals surface area contributed by atoms with Crippen molar-refractivity contribution < 1.29 is 24.0 Å². The molecule has 1 rings (SSSR count). The Morgan fingerprint density at radius 2 is 2.16 bits per heavy atom. The molecular formula is C11H11FN2O5. The van der Waals surface area contributed by atoms with E-state index in [2.05, 4.69) is 5.32 Å². The summed E-state index contributed by atoms with van der Waals surface area (Å²) in [6, 6.07) is 2.06. The van der Waals surface area contributed by atoms with E-state index in [4.69, 9.17) is 5.11 Å². The summed E-state index contributed by atoms with van der Waals surface area (Å²) in [5.74, 6) is -2.82. The second kappa shape index (κ2) is 5.89. The normalized spacial score (nSPS) is 11.7. The van der Waals surface area contributed by atoms with Gasteiger partial charge in [-0.2, -0.15) is 4.39 Å². The lowest BCUT2D eigenvalue weighted by atomic mass is 10.1. The van der Waals surface area contributed by atoms with E-state index in [1.807, 2.05) is 0 Å². The van der Waals surface area contributed by atoms with Crippen molar-refractivity contribution >= 4 is 17.6 Å². The van der Waals surface area contributed by atoms with Gasteiger partial charge in [-0.15, -0.1) is 0 Å². The molecule has 0 spiro atoms. The lowest BCUT2D eigenvalue weighted by Gasteiger charge is -2.11. The average molecular weight is 270 g/mol. The highest BCUT2D eigenvalue weighted by Gasteiger charge is 2.19. The van der Waals surface area contributed by atoms with Crippen molar-refractivity contribution in [1.82, 2.24) is 5.32 Å². The molecule has 0 aliphatic rings. The molecule has 0 radical (unpaired) electrons. The molecule has 7 nitrogen and oxygen atoms in total. The summed E-state index contributed by atoms with van der Waals surface area (Å²) in [6.45, 7) is 1.48. The SMILES string of the molecule is CC(CC(=O)O)NC(=O)c1ccc(F)c([N+](=O)[O-])c1. The predicted octanol–water partition coefficient (Wildman–Crippen LogP) is 1.33. The summed E-state index contributed by atoms with van der Waals surface area (Å²) in [7, 11) is 0. The van der Waals surface area contributed by atoms with E-state index in [9.17, 15) is 24.1 Å². The molecule has 8 heteroatoms. The van der Waals surface area contributed by atoms with E-state index >= 15 is 0 Å². The van der Waals surface area contributed by atoms with Crippen LogP contribution >= 0.6 is 0 Å². The molecule has 1 atom stereocenters. The fourth-order valence-electron chi connectivity index (χ4n) is 1.41. The van der Waals surface area contributed by atoms with Gasteiger partial charge in [0.1, 0.15) is 0 Å². The van der Waals surface area contributed by atoms with Crippen LogP contribution in [0.2, 0.25) is 0 Å². The molecule has 1 amide bonds. The molecule has 102 valence electrons. The zero-order valence-electron chi connectivity index (χ0n) is 9.92. The zero-order chi connectivity index (χ0) is 14.6. The Morgan fingerprint density at radius 3 is 2.68 bits per heavy atom. The van der Waals surface area contributed by atoms with E-state index in [0.717, 1.165) is 18.2 Å². The van der Waals surface area contributed by atoms with Crippen molar-refractivity contribution in [2.24, 2.45) is 0 Å². The first-order valence-electron chi connectivity index (χ1n) is 5.28. The van der Waals surface area contributed by atoms with Crippen molar-refractivity contribution in [3.8, 4) is 0 Å². The van der Waals surface area contributed by atoms with E-state index in [1.54, 1.807) is 0 Å². The number of carbonyl (C=O) groups is 2. The first-order chi connectivity index (χ1) is 8.81. The number of hydrogen-bond donors (Lipinski definition) is 2. The molecule has 1 aromatic carbocycles. The molecular weight excluding hydrogens is 259 g/mol. The number of carbonyl (C=O) groups excluding carboxylic acids is 1. The lowest BCUT2D eigenvalue weighted by molar-refractivity contribution is -0.387. The van der Waals surface area contributed by atoms with Crippen LogP contribution in [0.4, 0.5) is 10.1 Å². The van der Waals surface area contributed by atoms with Gasteiger partial charge in [-0.3, -0.25) is 19.7 Å². The Labute approximate surface area is 107 Å². The maximum Gasteiger partial charge on any atom is 0.305 e. The lowest BCUT2D eigenvalue weighted by Crippen LogP contribution is -2.34. The summed E-state index contributed by atoms with van der Waals surface area (Å²) in [5.41, 5.74) is -0.913. The molecule has 2 N–H and O–H groups in total. The van der Waals surface area contributed by atoms with Crippen LogP contribution in [0.1, 0.15) is 23.7 Å². The Kier molecular flexibility index (Phi) is 4.51. The van der Waals surface area contributed by atoms with E-state index in [-0.39, 0.29) is 12.0 Å². The van der Waals surface area contributed by atoms with Crippen LogP contribution in [-0.4, -0.2) is 27.9 Å². The van der Waals surface area contributed by atoms with Crippen LogP contribution in [0.25, 0.3) is 0 Å². The molecule has 0 heterocycles. The van der Waals surface area contributed by atoms with Crippen LogP contribution in [0.3, 0.4) is 0 Å². The Bertz CT molecular complexity index is 532. The van der Waals surface area contributed by atoms with Crippen molar-refractivity contribution in [2.45, 2.75) is 19.4 Å². The minimum atomic E-state index is -1.09. The highest BCUT2D eigenvalue weighted by molar-refractivity contribution is 5.95. The highest BCUT2D eigenvalue weighted by atomic mass is 19.1. The Morgan fingerprint density at radius 1 is 1.53 bits per heavy atom. The molecule has 0 saturated carbocycles. The van der Waals surface area contributed by atoms with Gasteiger partial charge in [0.15, 0.2) is 0 Å². The molecule has 1 aromatic rings. The fourth-order valence-corrected chi connectivity index (χ4v) is 1.41. The van der Waals surface area contributed by atoms with Crippen molar-refractivity contribution in [3.63, 3.8) is 0 Å². The van der Waals surface area contributed by atoms with Gasteiger partial charge in [0.2, 0.25) is 5.82 Å². The van der Waals surface area contributed by atoms with E-state index in [1.165, 1.54) is 6.92 Å². The maximum atomic E-state index is 13.1. The molecule has 0 aliphatic carbocycles. The maximum absolute atomic E-state index is 13.1. The highest BCUT2D eigenvalue weighted by Crippen LogP contribution is 2.18. The van der Waals surface area contributed by atoms with Crippen LogP contribution < -0.4 is 5.32 Å².